The minimum atomic E-state index is -0.0654. The van der Waals surface area contributed by atoms with Gasteiger partial charge in [0.15, 0.2) is 0 Å². The van der Waals surface area contributed by atoms with Crippen LogP contribution in [0.5, 0.6) is 0 Å². The van der Waals surface area contributed by atoms with Crippen molar-refractivity contribution in [3.8, 4) is 0 Å². The predicted molar refractivity (Wildman–Crippen MR) is 85.7 cm³/mol. The van der Waals surface area contributed by atoms with Crippen LogP contribution >= 0.6 is 0 Å². The molecule has 1 aromatic carbocycles. The van der Waals surface area contributed by atoms with E-state index in [2.05, 4.69) is 51.1 Å². The van der Waals surface area contributed by atoms with Gasteiger partial charge >= 0.3 is 0 Å². The zero-order valence-corrected chi connectivity index (χ0v) is 13.3. The molecule has 3 unspecified atom stereocenters. The molecule has 1 aromatic rings. The van der Waals surface area contributed by atoms with Gasteiger partial charge in [0.05, 0.1) is 6.10 Å². The van der Waals surface area contributed by atoms with Gasteiger partial charge in [-0.2, -0.15) is 0 Å². The molecule has 0 bridgehead atoms. The van der Waals surface area contributed by atoms with Gasteiger partial charge in [-0.1, -0.05) is 51.1 Å². The Kier molecular flexibility index (Phi) is 5.26. The normalized spacial score (nSPS) is 27.5. The van der Waals surface area contributed by atoms with Crippen molar-refractivity contribution in [1.82, 2.24) is 0 Å². The lowest BCUT2D eigenvalue weighted by Gasteiger charge is -2.40. The third-order valence-corrected chi connectivity index (χ3v) is 5.05. The first-order valence-electron chi connectivity index (χ1n) is 8.19. The van der Waals surface area contributed by atoms with Crippen LogP contribution in [0.3, 0.4) is 0 Å². The van der Waals surface area contributed by atoms with Crippen LogP contribution in [0.4, 0.5) is 0 Å². The Morgan fingerprint density at radius 3 is 2.45 bits per heavy atom. The van der Waals surface area contributed by atoms with Crippen molar-refractivity contribution >= 4 is 0 Å². The lowest BCUT2D eigenvalue weighted by molar-refractivity contribution is 0.0151. The smallest absolute Gasteiger partial charge is 0.0568 e. The summed E-state index contributed by atoms with van der Waals surface area (Å²) in [5, 5.41) is 10.2. The molecule has 0 aliphatic heterocycles. The molecule has 1 heteroatoms. The molecule has 0 spiro atoms. The van der Waals surface area contributed by atoms with E-state index >= 15 is 0 Å². The summed E-state index contributed by atoms with van der Waals surface area (Å²) in [6, 6.07) is 10.7. The van der Waals surface area contributed by atoms with Gasteiger partial charge in [-0.3, -0.25) is 0 Å². The summed E-state index contributed by atoms with van der Waals surface area (Å²) < 4.78 is 0. The molecule has 20 heavy (non-hydrogen) atoms. The van der Waals surface area contributed by atoms with Crippen LogP contribution in [0.1, 0.15) is 58.4 Å². The van der Waals surface area contributed by atoms with Crippen molar-refractivity contribution in [3.63, 3.8) is 0 Å². The highest BCUT2D eigenvalue weighted by molar-refractivity contribution is 5.14. The van der Waals surface area contributed by atoms with Crippen LogP contribution in [0.25, 0.3) is 0 Å². The van der Waals surface area contributed by atoms with Gasteiger partial charge in [0, 0.05) is 0 Å². The van der Waals surface area contributed by atoms with E-state index in [1.54, 1.807) is 0 Å². The van der Waals surface area contributed by atoms with Crippen LogP contribution in [0.15, 0.2) is 30.3 Å². The molecule has 112 valence electrons. The van der Waals surface area contributed by atoms with Crippen LogP contribution < -0.4 is 0 Å². The number of aliphatic hydroxyl groups excluding tert-OH is 1. The molecule has 1 aliphatic carbocycles. The number of hydrogen-bond acceptors (Lipinski definition) is 1. The topological polar surface area (TPSA) is 20.2 Å². The Balaban J connectivity index is 1.81. The second-order valence-corrected chi connectivity index (χ2v) is 7.58. The maximum Gasteiger partial charge on any atom is 0.0568 e. The van der Waals surface area contributed by atoms with Gasteiger partial charge in [-0.05, 0) is 61.3 Å². The van der Waals surface area contributed by atoms with Crippen molar-refractivity contribution in [1.29, 1.82) is 0 Å². The third-order valence-electron chi connectivity index (χ3n) is 5.05. The van der Waals surface area contributed by atoms with Gasteiger partial charge in [-0.25, -0.2) is 0 Å². The lowest BCUT2D eigenvalue weighted by Crippen LogP contribution is -2.34. The molecule has 1 N–H and O–H groups in total. The van der Waals surface area contributed by atoms with E-state index in [0.717, 1.165) is 18.8 Å². The van der Waals surface area contributed by atoms with Crippen LogP contribution in [0.2, 0.25) is 0 Å². The van der Waals surface area contributed by atoms with Crippen LogP contribution in [-0.4, -0.2) is 11.2 Å². The number of aryl methyl sites for hydroxylation is 1. The zero-order valence-electron chi connectivity index (χ0n) is 13.3. The first-order chi connectivity index (χ1) is 9.47. The second-order valence-electron chi connectivity index (χ2n) is 7.58. The highest BCUT2D eigenvalue weighted by Crippen LogP contribution is 2.41. The van der Waals surface area contributed by atoms with E-state index in [0.29, 0.717) is 11.3 Å². The van der Waals surface area contributed by atoms with Gasteiger partial charge in [-0.15, -0.1) is 0 Å². The summed E-state index contributed by atoms with van der Waals surface area (Å²) in [6.07, 6.45) is 6.84. The van der Waals surface area contributed by atoms with E-state index in [1.165, 1.54) is 31.2 Å². The summed E-state index contributed by atoms with van der Waals surface area (Å²) in [6.45, 7) is 7.03. The van der Waals surface area contributed by atoms with Crippen molar-refractivity contribution in [2.24, 2.45) is 17.3 Å². The highest BCUT2D eigenvalue weighted by Gasteiger charge is 2.34. The predicted octanol–water partition coefficient (Wildman–Crippen LogP) is 4.83. The Hall–Kier alpha value is -0.820. The van der Waals surface area contributed by atoms with E-state index in [1.807, 2.05) is 0 Å². The molecule has 1 nitrogen and oxygen atoms in total. The minimum Gasteiger partial charge on any atom is -0.393 e. The Morgan fingerprint density at radius 2 is 1.80 bits per heavy atom. The molecule has 0 heterocycles. The summed E-state index contributed by atoms with van der Waals surface area (Å²) in [5.74, 6) is 1.28. The van der Waals surface area contributed by atoms with Crippen LogP contribution in [0, 0.1) is 17.3 Å². The summed E-state index contributed by atoms with van der Waals surface area (Å²) in [4.78, 5) is 0. The molecule has 2 rings (SSSR count). The van der Waals surface area contributed by atoms with E-state index in [4.69, 9.17) is 0 Å². The van der Waals surface area contributed by atoms with E-state index in [-0.39, 0.29) is 6.10 Å². The monoisotopic (exact) mass is 274 g/mol. The average Bonchev–Trinajstić information content (AvgIpc) is 2.41. The first-order valence-corrected chi connectivity index (χ1v) is 8.19. The number of rotatable bonds is 4. The highest BCUT2D eigenvalue weighted by atomic mass is 16.3. The Morgan fingerprint density at radius 1 is 1.10 bits per heavy atom. The molecular weight excluding hydrogens is 244 g/mol. The molecule has 0 radical (unpaired) electrons. The van der Waals surface area contributed by atoms with Gasteiger partial charge in [0.2, 0.25) is 0 Å². The SMILES string of the molecule is CC(C)(C)C1CCC(O)C(CCCc2ccccc2)C1. The fourth-order valence-electron chi connectivity index (χ4n) is 3.56. The van der Waals surface area contributed by atoms with Crippen molar-refractivity contribution in [2.75, 3.05) is 0 Å². The van der Waals surface area contributed by atoms with Gasteiger partial charge in [0.1, 0.15) is 0 Å². The maximum absolute atomic E-state index is 10.2. The molecular formula is C19H30O. The lowest BCUT2D eigenvalue weighted by atomic mass is 9.67. The molecule has 1 saturated carbocycles. The van der Waals surface area contributed by atoms with Gasteiger partial charge < -0.3 is 5.11 Å². The van der Waals surface area contributed by atoms with Crippen molar-refractivity contribution in [2.45, 2.75) is 65.4 Å². The minimum absolute atomic E-state index is 0.0654. The zero-order chi connectivity index (χ0) is 14.6. The number of hydrogen-bond donors (Lipinski definition) is 1. The van der Waals surface area contributed by atoms with Crippen molar-refractivity contribution < 1.29 is 5.11 Å². The fraction of sp³-hybridized carbons (Fsp3) is 0.684. The van der Waals surface area contributed by atoms with Gasteiger partial charge in [0.25, 0.3) is 0 Å². The summed E-state index contributed by atoms with van der Waals surface area (Å²) >= 11 is 0. The molecule has 1 fully saturated rings. The largest absolute Gasteiger partial charge is 0.393 e. The molecule has 1 aliphatic rings. The summed E-state index contributed by atoms with van der Waals surface area (Å²) in [7, 11) is 0. The van der Waals surface area contributed by atoms with Crippen molar-refractivity contribution in [3.05, 3.63) is 35.9 Å². The number of aliphatic hydroxyl groups is 1. The Labute approximate surface area is 124 Å². The molecule has 0 amide bonds. The fourth-order valence-corrected chi connectivity index (χ4v) is 3.56. The Bertz CT molecular complexity index is 390. The van der Waals surface area contributed by atoms with E-state index < -0.39 is 0 Å². The third kappa shape index (κ3) is 4.34. The first kappa shape index (κ1) is 15.6. The van der Waals surface area contributed by atoms with Crippen LogP contribution in [-0.2, 0) is 6.42 Å². The number of benzene rings is 1. The maximum atomic E-state index is 10.2. The van der Waals surface area contributed by atoms with E-state index in [9.17, 15) is 5.11 Å². The molecule has 0 saturated heterocycles. The average molecular weight is 274 g/mol. The summed E-state index contributed by atoms with van der Waals surface area (Å²) in [5.41, 5.74) is 1.81. The second kappa shape index (κ2) is 6.76. The molecule has 0 aromatic heterocycles. The quantitative estimate of drug-likeness (QED) is 0.833. The molecule has 3 atom stereocenters. The standard InChI is InChI=1S/C19H30O/c1-19(2,3)17-12-13-18(20)16(14-17)11-7-10-15-8-5-4-6-9-15/h4-6,8-9,16-18,20H,7,10-14H2,1-3H3.